The highest BCUT2D eigenvalue weighted by Gasteiger charge is 2.43. The largest absolute Gasteiger partial charge is 0.388 e. The summed E-state index contributed by atoms with van der Waals surface area (Å²) >= 11 is 0. The van der Waals surface area contributed by atoms with Crippen LogP contribution >= 0.6 is 0 Å². The van der Waals surface area contributed by atoms with Gasteiger partial charge in [-0.25, -0.2) is 4.98 Å². The van der Waals surface area contributed by atoms with Crippen molar-refractivity contribution in [3.05, 3.63) is 78.1 Å². The van der Waals surface area contributed by atoms with Crippen molar-refractivity contribution >= 4 is 28.8 Å². The van der Waals surface area contributed by atoms with Gasteiger partial charge in [-0.2, -0.15) is 9.97 Å². The van der Waals surface area contributed by atoms with Gasteiger partial charge in [0.1, 0.15) is 12.2 Å². The van der Waals surface area contributed by atoms with E-state index in [0.717, 1.165) is 19.6 Å². The normalized spacial score (nSPS) is 21.9. The van der Waals surface area contributed by atoms with E-state index >= 15 is 0 Å². The SMILES string of the molecule is CCCC(=O)N[C@H]1CC(n2cnc3c(NCC(c4ccccc4)c4ccccc4)nc(NCCN4CCCCC4)nc32)[C@H](O)[C@@H]1O. The van der Waals surface area contributed by atoms with E-state index in [1.807, 2.05) is 23.6 Å². The second-order valence-corrected chi connectivity index (χ2v) is 12.5. The van der Waals surface area contributed by atoms with Crippen molar-refractivity contribution in [2.24, 2.45) is 0 Å². The van der Waals surface area contributed by atoms with E-state index in [1.54, 1.807) is 6.33 Å². The molecule has 0 spiro atoms. The number of nitrogens with one attached hydrogen (secondary N) is 3. The van der Waals surface area contributed by atoms with Crippen LogP contribution in [0.25, 0.3) is 11.2 Å². The fourth-order valence-electron chi connectivity index (χ4n) is 6.80. The number of aromatic nitrogens is 4. The third-order valence-corrected chi connectivity index (χ3v) is 9.29. The first-order chi connectivity index (χ1) is 22.5. The van der Waals surface area contributed by atoms with Crippen molar-refractivity contribution in [1.29, 1.82) is 0 Å². The van der Waals surface area contributed by atoms with Crippen LogP contribution in [0.1, 0.15) is 68.5 Å². The Hall–Kier alpha value is -4.06. The average molecular weight is 627 g/mol. The molecule has 11 nitrogen and oxygen atoms in total. The third-order valence-electron chi connectivity index (χ3n) is 9.29. The van der Waals surface area contributed by atoms with Crippen LogP contribution in [0.4, 0.5) is 11.8 Å². The number of imidazole rings is 1. The number of aliphatic hydroxyl groups is 2. The van der Waals surface area contributed by atoms with Gasteiger partial charge < -0.3 is 35.6 Å². The van der Waals surface area contributed by atoms with E-state index in [-0.39, 0.29) is 11.8 Å². The minimum absolute atomic E-state index is 0.0734. The third kappa shape index (κ3) is 7.32. The molecule has 2 aliphatic rings. The maximum atomic E-state index is 12.3. The van der Waals surface area contributed by atoms with E-state index in [2.05, 4.69) is 69.4 Å². The number of amides is 1. The second-order valence-electron chi connectivity index (χ2n) is 12.5. The fraction of sp³-hybridized carbons (Fsp3) is 0.486. The van der Waals surface area contributed by atoms with E-state index in [9.17, 15) is 15.0 Å². The lowest BCUT2D eigenvalue weighted by molar-refractivity contribution is -0.122. The van der Waals surface area contributed by atoms with E-state index in [0.29, 0.717) is 55.3 Å². The molecule has 5 N–H and O–H groups in total. The highest BCUT2D eigenvalue weighted by molar-refractivity contribution is 5.84. The molecule has 1 aliphatic carbocycles. The number of likely N-dealkylation sites (tertiary alicyclic amines) is 1. The Labute approximate surface area is 270 Å². The van der Waals surface area contributed by atoms with E-state index in [1.165, 1.54) is 30.4 Å². The molecule has 1 saturated carbocycles. The first-order valence-corrected chi connectivity index (χ1v) is 16.7. The van der Waals surface area contributed by atoms with Gasteiger partial charge in [-0.1, -0.05) is 74.0 Å². The van der Waals surface area contributed by atoms with Gasteiger partial charge in [-0.3, -0.25) is 4.79 Å². The number of benzene rings is 2. The number of aliphatic hydroxyl groups excluding tert-OH is 2. The van der Waals surface area contributed by atoms with Crippen molar-refractivity contribution < 1.29 is 15.0 Å². The van der Waals surface area contributed by atoms with Gasteiger partial charge >= 0.3 is 0 Å². The van der Waals surface area contributed by atoms with Gasteiger partial charge in [0.05, 0.1) is 18.4 Å². The van der Waals surface area contributed by atoms with Crippen LogP contribution in [0, 0.1) is 0 Å². The minimum atomic E-state index is -1.10. The lowest BCUT2D eigenvalue weighted by Gasteiger charge is -2.26. The zero-order chi connectivity index (χ0) is 31.9. The topological polar surface area (TPSA) is 140 Å². The predicted octanol–water partition coefficient (Wildman–Crippen LogP) is 3.92. The predicted molar refractivity (Wildman–Crippen MR) is 180 cm³/mol. The standard InChI is InChI=1S/C35H46N8O3/c1-2-12-29(44)39-27-21-28(32(46)31(27)45)43-23-38-30-33(40-35(41-34(30)43)36-17-20-42-18-10-5-11-19-42)37-22-26(24-13-6-3-7-14-24)25-15-8-4-9-16-25/h3-4,6-9,13-16,23,26-28,31-32,45-46H,2,5,10-12,17-22H2,1H3,(H,39,44)(H2,36,37,40,41)/t27-,28?,31+,32-/m0/s1. The van der Waals surface area contributed by atoms with Crippen molar-refractivity contribution in [3.63, 3.8) is 0 Å². The van der Waals surface area contributed by atoms with Gasteiger partial charge in [-0.15, -0.1) is 0 Å². The smallest absolute Gasteiger partial charge is 0.226 e. The molecule has 4 atom stereocenters. The van der Waals surface area contributed by atoms with Gasteiger partial charge in [0.25, 0.3) is 0 Å². The summed E-state index contributed by atoms with van der Waals surface area (Å²) in [5, 5.41) is 31.9. The first-order valence-electron chi connectivity index (χ1n) is 16.7. The lowest BCUT2D eigenvalue weighted by Crippen LogP contribution is -2.42. The van der Waals surface area contributed by atoms with Crippen LogP contribution in [0.5, 0.6) is 0 Å². The van der Waals surface area contributed by atoms with Crippen LogP contribution in [-0.4, -0.2) is 91.5 Å². The van der Waals surface area contributed by atoms with Crippen LogP contribution in [-0.2, 0) is 4.79 Å². The Morgan fingerprint density at radius 3 is 2.30 bits per heavy atom. The molecule has 2 aromatic heterocycles. The molecule has 46 heavy (non-hydrogen) atoms. The highest BCUT2D eigenvalue weighted by atomic mass is 16.3. The molecule has 1 amide bonds. The summed E-state index contributed by atoms with van der Waals surface area (Å²) in [6, 6.07) is 19.7. The summed E-state index contributed by atoms with van der Waals surface area (Å²) in [4.78, 5) is 29.3. The Morgan fingerprint density at radius 1 is 0.935 bits per heavy atom. The molecule has 3 heterocycles. The summed E-state index contributed by atoms with van der Waals surface area (Å²) in [5.41, 5.74) is 3.53. The first kappa shape index (κ1) is 31.9. The molecule has 6 rings (SSSR count). The molecule has 2 fully saturated rings. The fourth-order valence-corrected chi connectivity index (χ4v) is 6.80. The number of hydrogen-bond acceptors (Lipinski definition) is 9. The summed E-state index contributed by atoms with van der Waals surface area (Å²) in [6.45, 7) is 6.34. The van der Waals surface area contributed by atoms with E-state index < -0.39 is 24.3 Å². The van der Waals surface area contributed by atoms with Crippen LogP contribution < -0.4 is 16.0 Å². The average Bonchev–Trinajstić information content (AvgIpc) is 3.62. The van der Waals surface area contributed by atoms with E-state index in [4.69, 9.17) is 15.0 Å². The van der Waals surface area contributed by atoms with Gasteiger partial charge in [0, 0.05) is 32.0 Å². The van der Waals surface area contributed by atoms with Crippen molar-refractivity contribution in [1.82, 2.24) is 29.7 Å². The Balaban J connectivity index is 1.29. The van der Waals surface area contributed by atoms with Gasteiger partial charge in [0.2, 0.25) is 11.9 Å². The maximum Gasteiger partial charge on any atom is 0.226 e. The Morgan fingerprint density at radius 2 is 1.63 bits per heavy atom. The molecule has 1 unspecified atom stereocenters. The summed E-state index contributed by atoms with van der Waals surface area (Å²) in [6.07, 6.45) is 4.67. The zero-order valence-corrected chi connectivity index (χ0v) is 26.6. The molecule has 0 bridgehead atoms. The quantitative estimate of drug-likeness (QED) is 0.149. The number of fused-ring (bicyclic) bond motifs is 1. The number of nitrogens with zero attached hydrogens (tertiary/aromatic N) is 5. The molecule has 11 heteroatoms. The number of hydrogen-bond donors (Lipinski definition) is 5. The molecule has 4 aromatic rings. The van der Waals surface area contributed by atoms with Crippen LogP contribution in [0.3, 0.4) is 0 Å². The number of piperidine rings is 1. The number of rotatable bonds is 13. The summed E-state index contributed by atoms with van der Waals surface area (Å²) in [5.74, 6) is 1.02. The second kappa shape index (κ2) is 15.0. The molecule has 244 valence electrons. The molecule has 2 aromatic carbocycles. The Bertz CT molecular complexity index is 1520. The molecule has 0 radical (unpaired) electrons. The van der Waals surface area contributed by atoms with Crippen molar-refractivity contribution in [3.8, 4) is 0 Å². The van der Waals surface area contributed by atoms with Gasteiger partial charge in [-0.05, 0) is 49.9 Å². The van der Waals surface area contributed by atoms with Crippen LogP contribution in [0.15, 0.2) is 67.0 Å². The monoisotopic (exact) mass is 626 g/mol. The molecule has 1 aliphatic heterocycles. The molecular weight excluding hydrogens is 580 g/mol. The Kier molecular flexibility index (Phi) is 10.4. The summed E-state index contributed by atoms with van der Waals surface area (Å²) in [7, 11) is 0. The molecule has 1 saturated heterocycles. The van der Waals surface area contributed by atoms with Crippen molar-refractivity contribution in [2.45, 2.75) is 75.7 Å². The van der Waals surface area contributed by atoms with Crippen LogP contribution in [0.2, 0.25) is 0 Å². The van der Waals surface area contributed by atoms with Crippen molar-refractivity contribution in [2.75, 3.05) is 43.4 Å². The zero-order valence-electron chi connectivity index (χ0n) is 26.6. The van der Waals surface area contributed by atoms with Gasteiger partial charge in [0.15, 0.2) is 17.0 Å². The summed E-state index contributed by atoms with van der Waals surface area (Å²) < 4.78 is 1.82. The minimum Gasteiger partial charge on any atom is -0.388 e. The number of carbonyl (C=O) groups excluding carboxylic acids is 1. The highest BCUT2D eigenvalue weighted by Crippen LogP contribution is 2.35. The number of carbonyl (C=O) groups is 1. The molecular formula is C35H46N8O3. The maximum absolute atomic E-state index is 12.3. The lowest BCUT2D eigenvalue weighted by atomic mass is 9.91. The number of anilines is 2.